The lowest BCUT2D eigenvalue weighted by atomic mass is 10.0. The van der Waals surface area contributed by atoms with E-state index in [1.165, 1.54) is 12.8 Å². The first-order valence-electron chi connectivity index (χ1n) is 12.2. The third kappa shape index (κ3) is 6.00. The van der Waals surface area contributed by atoms with Gasteiger partial charge in [-0.2, -0.15) is 0 Å². The number of sulfonamides is 1. The monoisotopic (exact) mass is 508 g/mol. The van der Waals surface area contributed by atoms with Crippen molar-refractivity contribution in [3.8, 4) is 5.75 Å². The lowest BCUT2D eigenvalue weighted by Gasteiger charge is -2.40. The molecule has 0 aromatic heterocycles. The molecule has 3 aromatic carbocycles. The van der Waals surface area contributed by atoms with Crippen LogP contribution in [0, 0.1) is 6.92 Å². The zero-order valence-electron chi connectivity index (χ0n) is 21.5. The first-order valence-corrected chi connectivity index (χ1v) is 13.7. The van der Waals surface area contributed by atoms with E-state index >= 15 is 0 Å². The van der Waals surface area contributed by atoms with Gasteiger partial charge in [-0.05, 0) is 54.4 Å². The third-order valence-corrected chi connectivity index (χ3v) is 8.19. The summed E-state index contributed by atoms with van der Waals surface area (Å²) in [5.74, 6) is 0.344. The highest BCUT2D eigenvalue weighted by atomic mass is 32.2. The average Bonchev–Trinajstić information content (AvgIpc) is 2.90. The Hall–Kier alpha value is -3.07. The van der Waals surface area contributed by atoms with Crippen LogP contribution in [0.1, 0.15) is 17.2 Å². The van der Waals surface area contributed by atoms with E-state index < -0.39 is 10.0 Å². The highest BCUT2D eigenvalue weighted by molar-refractivity contribution is 7.89. The fourth-order valence-electron chi connectivity index (χ4n) is 4.64. The van der Waals surface area contributed by atoms with Crippen molar-refractivity contribution < 1.29 is 13.2 Å². The second-order valence-corrected chi connectivity index (χ2v) is 11.1. The quantitative estimate of drug-likeness (QED) is 0.473. The first-order chi connectivity index (χ1) is 17.3. The molecule has 0 saturated carbocycles. The predicted octanol–water partition coefficient (Wildman–Crippen LogP) is 3.91. The van der Waals surface area contributed by atoms with Crippen LogP contribution < -0.4 is 19.3 Å². The van der Waals surface area contributed by atoms with Gasteiger partial charge in [-0.1, -0.05) is 36.4 Å². The van der Waals surface area contributed by atoms with Gasteiger partial charge in [0, 0.05) is 64.2 Å². The summed E-state index contributed by atoms with van der Waals surface area (Å²) in [6.07, 6.45) is 0. The Kier molecular flexibility index (Phi) is 8.18. The van der Waals surface area contributed by atoms with Gasteiger partial charge in [-0.15, -0.1) is 0 Å². The van der Waals surface area contributed by atoms with Crippen LogP contribution in [0.15, 0.2) is 77.7 Å². The number of rotatable bonds is 9. The van der Waals surface area contributed by atoms with Crippen LogP contribution in [-0.2, 0) is 10.0 Å². The van der Waals surface area contributed by atoms with Gasteiger partial charge in [-0.25, -0.2) is 13.1 Å². The Morgan fingerprint density at radius 1 is 0.944 bits per heavy atom. The van der Waals surface area contributed by atoms with Crippen LogP contribution in [0.2, 0.25) is 0 Å². The van der Waals surface area contributed by atoms with Gasteiger partial charge in [0.15, 0.2) is 0 Å². The lowest BCUT2D eigenvalue weighted by Crippen LogP contribution is -2.49. The smallest absolute Gasteiger partial charge is 0.244 e. The van der Waals surface area contributed by atoms with Crippen molar-refractivity contribution in [2.45, 2.75) is 17.9 Å². The van der Waals surface area contributed by atoms with Gasteiger partial charge in [0.05, 0.1) is 7.11 Å². The number of hydrogen-bond acceptors (Lipinski definition) is 6. The lowest BCUT2D eigenvalue weighted by molar-refractivity contribution is 0.187. The number of hydrogen-bond donors (Lipinski definition) is 1. The minimum Gasteiger partial charge on any atom is -0.495 e. The molecule has 1 aliphatic rings. The van der Waals surface area contributed by atoms with Crippen LogP contribution in [0.4, 0.5) is 11.4 Å². The predicted molar refractivity (Wildman–Crippen MR) is 147 cm³/mol. The fraction of sp³-hybridized carbons (Fsp3) is 0.357. The van der Waals surface area contributed by atoms with Crippen LogP contribution in [0.5, 0.6) is 5.75 Å². The molecule has 1 atom stereocenters. The molecule has 8 heteroatoms. The Labute approximate surface area is 215 Å². The molecule has 36 heavy (non-hydrogen) atoms. The summed E-state index contributed by atoms with van der Waals surface area (Å²) in [6.45, 7) is 5.59. The molecular weight excluding hydrogens is 472 g/mol. The minimum atomic E-state index is -3.76. The molecule has 1 aliphatic heterocycles. The number of para-hydroxylation sites is 1. The van der Waals surface area contributed by atoms with E-state index in [9.17, 15) is 8.42 Å². The summed E-state index contributed by atoms with van der Waals surface area (Å²) in [6, 6.07) is 23.9. The molecule has 1 N–H and O–H groups in total. The number of ether oxygens (including phenoxy) is 1. The number of nitrogens with one attached hydrogen (secondary N) is 1. The van der Waals surface area contributed by atoms with E-state index in [-0.39, 0.29) is 17.5 Å². The van der Waals surface area contributed by atoms with Crippen LogP contribution in [-0.4, -0.2) is 67.2 Å². The van der Waals surface area contributed by atoms with Gasteiger partial charge in [0.2, 0.25) is 10.0 Å². The number of benzene rings is 3. The third-order valence-electron chi connectivity index (χ3n) is 6.75. The van der Waals surface area contributed by atoms with Crippen molar-refractivity contribution in [1.29, 1.82) is 0 Å². The highest BCUT2D eigenvalue weighted by Gasteiger charge is 2.28. The maximum Gasteiger partial charge on any atom is 0.244 e. The summed E-state index contributed by atoms with van der Waals surface area (Å²) in [5.41, 5.74) is 4.28. The maximum atomic E-state index is 13.3. The number of anilines is 2. The largest absolute Gasteiger partial charge is 0.495 e. The van der Waals surface area contributed by atoms with Crippen molar-refractivity contribution in [3.63, 3.8) is 0 Å². The molecular formula is C28H36N4O3S. The molecule has 3 aromatic rings. The normalized spacial score (nSPS) is 15.5. The van der Waals surface area contributed by atoms with Crippen molar-refractivity contribution >= 4 is 21.4 Å². The molecule has 0 spiro atoms. The summed E-state index contributed by atoms with van der Waals surface area (Å²) >= 11 is 0. The Balaban J connectivity index is 1.55. The number of methoxy groups -OCH3 is 1. The van der Waals surface area contributed by atoms with Gasteiger partial charge >= 0.3 is 0 Å². The number of aryl methyl sites for hydroxylation is 1. The standard InChI is InChI=1S/C28H36N4O3S/c1-22-10-15-27(35-4)28(20-22)36(33,34)29-21-26(23-11-13-24(14-12-23)30(2)3)32-18-16-31(17-19-32)25-8-6-5-7-9-25/h5-15,20,26,29H,16-19,21H2,1-4H3. The topological polar surface area (TPSA) is 65.1 Å². The highest BCUT2D eigenvalue weighted by Crippen LogP contribution is 2.28. The summed E-state index contributed by atoms with van der Waals surface area (Å²) in [5, 5.41) is 0. The Bertz CT molecular complexity index is 1240. The minimum absolute atomic E-state index is 0.0929. The van der Waals surface area contributed by atoms with Crippen molar-refractivity contribution in [3.05, 3.63) is 83.9 Å². The van der Waals surface area contributed by atoms with E-state index in [1.807, 2.05) is 33.2 Å². The van der Waals surface area contributed by atoms with Gasteiger partial charge in [-0.3, -0.25) is 4.90 Å². The van der Waals surface area contributed by atoms with E-state index in [4.69, 9.17) is 4.74 Å². The molecule has 1 fully saturated rings. The molecule has 0 aliphatic carbocycles. The summed E-state index contributed by atoms with van der Waals surface area (Å²) in [7, 11) is 1.75. The van der Waals surface area contributed by atoms with E-state index in [2.05, 4.69) is 68.0 Å². The number of piperazine rings is 1. The molecule has 7 nitrogen and oxygen atoms in total. The molecule has 192 valence electrons. The van der Waals surface area contributed by atoms with Gasteiger partial charge in [0.1, 0.15) is 10.6 Å². The van der Waals surface area contributed by atoms with Crippen LogP contribution in [0.25, 0.3) is 0 Å². The molecule has 0 radical (unpaired) electrons. The molecule has 1 heterocycles. The van der Waals surface area contributed by atoms with Gasteiger partial charge < -0.3 is 14.5 Å². The van der Waals surface area contributed by atoms with Gasteiger partial charge in [0.25, 0.3) is 0 Å². The Morgan fingerprint density at radius 3 is 2.22 bits per heavy atom. The fourth-order valence-corrected chi connectivity index (χ4v) is 5.93. The van der Waals surface area contributed by atoms with Crippen LogP contribution >= 0.6 is 0 Å². The molecule has 1 saturated heterocycles. The zero-order valence-corrected chi connectivity index (χ0v) is 22.3. The average molecular weight is 509 g/mol. The summed E-state index contributed by atoms with van der Waals surface area (Å²) in [4.78, 5) is 6.98. The van der Waals surface area contributed by atoms with Crippen LogP contribution in [0.3, 0.4) is 0 Å². The molecule has 1 unspecified atom stereocenters. The molecule has 0 bridgehead atoms. The SMILES string of the molecule is COc1ccc(C)cc1S(=O)(=O)NCC(c1ccc(N(C)C)cc1)N1CCN(c2ccccc2)CC1. The van der Waals surface area contributed by atoms with E-state index in [0.29, 0.717) is 5.75 Å². The van der Waals surface area contributed by atoms with Crippen molar-refractivity contribution in [1.82, 2.24) is 9.62 Å². The van der Waals surface area contributed by atoms with E-state index in [0.717, 1.165) is 43.0 Å². The Morgan fingerprint density at radius 2 is 1.61 bits per heavy atom. The summed E-state index contributed by atoms with van der Waals surface area (Å²) < 4.78 is 34.9. The first kappa shape index (κ1) is 26.0. The zero-order chi connectivity index (χ0) is 25.7. The van der Waals surface area contributed by atoms with Crippen molar-refractivity contribution in [2.24, 2.45) is 0 Å². The molecule has 4 rings (SSSR count). The second kappa shape index (κ2) is 11.3. The second-order valence-electron chi connectivity index (χ2n) is 9.37. The molecule has 0 amide bonds. The van der Waals surface area contributed by atoms with E-state index in [1.54, 1.807) is 12.1 Å². The van der Waals surface area contributed by atoms with Crippen molar-refractivity contribution in [2.75, 3.05) is 63.7 Å². The number of nitrogens with zero attached hydrogens (tertiary/aromatic N) is 3. The maximum absolute atomic E-state index is 13.3.